The molecule has 2 amide bonds. The van der Waals surface area contributed by atoms with Crippen LogP contribution < -0.4 is 10.1 Å². The van der Waals surface area contributed by atoms with E-state index in [-0.39, 0.29) is 12.4 Å². The van der Waals surface area contributed by atoms with Crippen LogP contribution in [0.15, 0.2) is 91.0 Å². The lowest BCUT2D eigenvalue weighted by Crippen LogP contribution is -2.76. The van der Waals surface area contributed by atoms with E-state index in [0.717, 1.165) is 11.1 Å². The summed E-state index contributed by atoms with van der Waals surface area (Å²) in [7, 11) is 0. The predicted molar refractivity (Wildman–Crippen MR) is 137 cm³/mol. The number of nitrogens with one attached hydrogen (secondary N) is 1. The first-order valence-electron chi connectivity index (χ1n) is 11.8. The Kier molecular flexibility index (Phi) is 7.23. The maximum atomic E-state index is 13.3. The number of β-lactam (4-membered cyclic amide) rings is 1. The van der Waals surface area contributed by atoms with Gasteiger partial charge in [-0.25, -0.2) is 4.79 Å². The highest BCUT2D eigenvalue weighted by Crippen LogP contribution is 2.38. The van der Waals surface area contributed by atoms with E-state index < -0.39 is 47.1 Å². The number of nitrogens with zero attached hydrogens (tertiary/aromatic N) is 1. The summed E-state index contributed by atoms with van der Waals surface area (Å²) >= 11 is 1.21. The van der Waals surface area contributed by atoms with Crippen molar-refractivity contribution >= 4 is 35.3 Å². The van der Waals surface area contributed by atoms with Crippen LogP contribution in [0.3, 0.4) is 0 Å². The van der Waals surface area contributed by atoms with Gasteiger partial charge in [0, 0.05) is 0 Å². The fourth-order valence-electron chi connectivity index (χ4n) is 4.36. The van der Waals surface area contributed by atoms with Crippen LogP contribution in [0.4, 0.5) is 0 Å². The van der Waals surface area contributed by atoms with Crippen LogP contribution in [0.5, 0.6) is 5.75 Å². The van der Waals surface area contributed by atoms with E-state index >= 15 is 0 Å². The summed E-state index contributed by atoms with van der Waals surface area (Å²) in [5.41, 5.74) is 1.49. The van der Waals surface area contributed by atoms with Crippen molar-refractivity contribution in [1.29, 1.82) is 0 Å². The number of Topliss-reactive ketones (excluding diaryl/α,β-unsaturated/α-hetero) is 1. The molecular formula is C28H24N2O6S. The van der Waals surface area contributed by atoms with Crippen LogP contribution in [-0.4, -0.2) is 58.3 Å². The Morgan fingerprint density at radius 3 is 2.05 bits per heavy atom. The molecule has 2 saturated heterocycles. The third-order valence-corrected chi connectivity index (χ3v) is 7.44. The minimum absolute atomic E-state index is 0.0302. The van der Waals surface area contributed by atoms with E-state index in [1.165, 1.54) is 16.7 Å². The highest BCUT2D eigenvalue weighted by Gasteiger charge is 2.58. The number of fused-ring (bicyclic) bond motifs is 1. The highest BCUT2D eigenvalue weighted by molar-refractivity contribution is 8.00. The van der Waals surface area contributed by atoms with Gasteiger partial charge in [-0.15, -0.1) is 11.8 Å². The third-order valence-electron chi connectivity index (χ3n) is 6.15. The van der Waals surface area contributed by atoms with Crippen molar-refractivity contribution in [1.82, 2.24) is 10.2 Å². The molecule has 0 saturated carbocycles. The molecule has 1 N–H and O–H groups in total. The topological polar surface area (TPSA) is 102 Å². The molecule has 0 spiro atoms. The lowest BCUT2D eigenvalue weighted by molar-refractivity contribution is -0.170. The first kappa shape index (κ1) is 24.6. The third kappa shape index (κ3) is 5.22. The van der Waals surface area contributed by atoms with Gasteiger partial charge in [0.1, 0.15) is 17.2 Å². The average Bonchev–Trinajstić information content (AvgIpc) is 2.94. The van der Waals surface area contributed by atoms with Gasteiger partial charge in [-0.1, -0.05) is 78.9 Å². The Bertz CT molecular complexity index is 1250. The standard InChI is InChI=1S/C28H24N2O6S/c31-21-17-37-27-23(29-22(32)16-35-20-14-8-3-9-15-20)26(33)30(27)24(21)28(34)36-25(18-10-4-1-5-11-18)19-12-6-2-7-13-19/h1-15,23-25,27H,16-17H2,(H,29,32)/t23-,24?,27+/m1/s1. The number of amides is 2. The average molecular weight is 517 g/mol. The van der Waals surface area contributed by atoms with Gasteiger partial charge in [0.25, 0.3) is 5.91 Å². The number of para-hydroxylation sites is 1. The van der Waals surface area contributed by atoms with Gasteiger partial charge in [0.05, 0.1) is 5.75 Å². The predicted octanol–water partition coefficient (Wildman–Crippen LogP) is 2.74. The Hall–Kier alpha value is -4.11. The van der Waals surface area contributed by atoms with E-state index in [9.17, 15) is 19.2 Å². The summed E-state index contributed by atoms with van der Waals surface area (Å²) in [5.74, 6) is -1.60. The second kappa shape index (κ2) is 10.9. The molecule has 0 radical (unpaired) electrons. The number of carbonyl (C=O) groups is 4. The van der Waals surface area contributed by atoms with Crippen LogP contribution in [-0.2, 0) is 23.9 Å². The lowest BCUT2D eigenvalue weighted by atomic mass is 9.99. The summed E-state index contributed by atoms with van der Waals surface area (Å²) in [6, 6.07) is 25.1. The minimum atomic E-state index is -1.36. The minimum Gasteiger partial charge on any atom is -0.484 e. The first-order chi connectivity index (χ1) is 18.0. The molecule has 0 aromatic heterocycles. The van der Waals surface area contributed by atoms with E-state index in [1.807, 2.05) is 66.7 Å². The normalized spacial score (nSPS) is 20.6. The van der Waals surface area contributed by atoms with E-state index in [2.05, 4.69) is 5.32 Å². The SMILES string of the molecule is O=C(COc1ccccc1)N[C@@H]1C(=O)N2C(C(=O)OC(c3ccccc3)c3ccccc3)C(=O)CS[C@@H]12. The Morgan fingerprint density at radius 2 is 1.46 bits per heavy atom. The molecule has 1 unspecified atom stereocenters. The molecule has 3 aromatic rings. The van der Waals surface area contributed by atoms with Gasteiger partial charge in [0.15, 0.2) is 24.5 Å². The number of esters is 1. The summed E-state index contributed by atoms with van der Waals surface area (Å²) in [6.07, 6.45) is -0.738. The van der Waals surface area contributed by atoms with Crippen LogP contribution >= 0.6 is 11.8 Å². The van der Waals surface area contributed by atoms with Gasteiger partial charge in [-0.2, -0.15) is 0 Å². The number of benzene rings is 3. The fourth-order valence-corrected chi connectivity index (χ4v) is 5.62. The fraction of sp³-hybridized carbons (Fsp3) is 0.214. The molecule has 3 aromatic carbocycles. The lowest BCUT2D eigenvalue weighted by Gasteiger charge is -2.51. The maximum Gasteiger partial charge on any atom is 0.337 e. The summed E-state index contributed by atoms with van der Waals surface area (Å²) in [5, 5.41) is 2.12. The van der Waals surface area contributed by atoms with Crippen molar-refractivity contribution in [3.63, 3.8) is 0 Å². The second-order valence-corrected chi connectivity index (χ2v) is 9.71. The molecule has 188 valence electrons. The van der Waals surface area contributed by atoms with Crippen molar-refractivity contribution in [3.05, 3.63) is 102 Å². The van der Waals surface area contributed by atoms with Crippen LogP contribution in [0.25, 0.3) is 0 Å². The number of hydrogen-bond donors (Lipinski definition) is 1. The summed E-state index contributed by atoms with van der Waals surface area (Å²) < 4.78 is 11.3. The van der Waals surface area contributed by atoms with Crippen LogP contribution in [0.1, 0.15) is 17.2 Å². The van der Waals surface area contributed by atoms with Crippen molar-refractivity contribution in [2.75, 3.05) is 12.4 Å². The van der Waals surface area contributed by atoms with Crippen molar-refractivity contribution in [3.8, 4) is 5.75 Å². The molecule has 9 heteroatoms. The molecular weight excluding hydrogens is 492 g/mol. The van der Waals surface area contributed by atoms with E-state index in [4.69, 9.17) is 9.47 Å². The molecule has 37 heavy (non-hydrogen) atoms. The highest BCUT2D eigenvalue weighted by atomic mass is 32.2. The zero-order chi connectivity index (χ0) is 25.8. The molecule has 8 nitrogen and oxygen atoms in total. The monoisotopic (exact) mass is 516 g/mol. The van der Waals surface area contributed by atoms with Crippen molar-refractivity contribution in [2.24, 2.45) is 0 Å². The smallest absolute Gasteiger partial charge is 0.337 e. The van der Waals surface area contributed by atoms with Gasteiger partial charge < -0.3 is 19.7 Å². The summed E-state index contributed by atoms with van der Waals surface area (Å²) in [4.78, 5) is 52.7. The van der Waals surface area contributed by atoms with Gasteiger partial charge in [0.2, 0.25) is 5.91 Å². The molecule has 0 bridgehead atoms. The number of ether oxygens (including phenoxy) is 2. The quantitative estimate of drug-likeness (QED) is 0.279. The number of hydrogen-bond acceptors (Lipinski definition) is 7. The Balaban J connectivity index is 1.27. The molecule has 5 rings (SSSR count). The van der Waals surface area contributed by atoms with Crippen molar-refractivity contribution < 1.29 is 28.7 Å². The van der Waals surface area contributed by atoms with E-state index in [0.29, 0.717) is 5.75 Å². The zero-order valence-corrected chi connectivity index (χ0v) is 20.5. The zero-order valence-electron chi connectivity index (χ0n) is 19.7. The summed E-state index contributed by atoms with van der Waals surface area (Å²) in [6.45, 7) is -0.259. The molecule has 2 aliphatic heterocycles. The Labute approximate surface area is 217 Å². The molecule has 3 atom stereocenters. The largest absolute Gasteiger partial charge is 0.484 e. The number of ketones is 1. The van der Waals surface area contributed by atoms with E-state index in [1.54, 1.807) is 24.3 Å². The number of carbonyl (C=O) groups excluding carboxylic acids is 4. The maximum absolute atomic E-state index is 13.3. The molecule has 2 fully saturated rings. The molecule has 2 aliphatic rings. The van der Waals surface area contributed by atoms with Crippen molar-refractivity contribution in [2.45, 2.75) is 23.6 Å². The van der Waals surface area contributed by atoms with Crippen LogP contribution in [0, 0.1) is 0 Å². The second-order valence-electron chi connectivity index (χ2n) is 8.60. The van der Waals surface area contributed by atoms with Crippen LogP contribution in [0.2, 0.25) is 0 Å². The first-order valence-corrected chi connectivity index (χ1v) is 12.8. The number of rotatable bonds is 8. The molecule has 0 aliphatic carbocycles. The van der Waals surface area contributed by atoms with Gasteiger partial charge in [-0.3, -0.25) is 14.4 Å². The number of thioether (sulfide) groups is 1. The molecule has 2 heterocycles. The van der Waals surface area contributed by atoms with Gasteiger partial charge in [-0.05, 0) is 23.3 Å². The Morgan fingerprint density at radius 1 is 0.892 bits per heavy atom. The van der Waals surface area contributed by atoms with Gasteiger partial charge >= 0.3 is 5.97 Å².